The zero-order valence-corrected chi connectivity index (χ0v) is 25.4. The third-order valence-corrected chi connectivity index (χ3v) is 12.1. The molecule has 2 saturated heterocycles. The second kappa shape index (κ2) is 11.3. The molecule has 0 aliphatic carbocycles. The van der Waals surface area contributed by atoms with Crippen LogP contribution in [0.3, 0.4) is 0 Å². The number of halogens is 3. The first kappa shape index (κ1) is 30.6. The number of hydrogen-bond donors (Lipinski definition) is 1. The highest BCUT2D eigenvalue weighted by Gasteiger charge is 2.68. The van der Waals surface area contributed by atoms with Gasteiger partial charge in [-0.15, -0.1) is 0 Å². The van der Waals surface area contributed by atoms with E-state index in [1.807, 2.05) is 30.3 Å². The van der Waals surface area contributed by atoms with Crippen LogP contribution in [-0.2, 0) is 39.2 Å². The van der Waals surface area contributed by atoms with Crippen LogP contribution in [0.4, 0.5) is 0 Å². The van der Waals surface area contributed by atoms with Gasteiger partial charge in [0.15, 0.2) is 0 Å². The third kappa shape index (κ3) is 6.81. The molecular formula is C25H36Cl3NO7Si. The summed E-state index contributed by atoms with van der Waals surface area (Å²) in [7, 11) is -3.10. The van der Waals surface area contributed by atoms with Crippen molar-refractivity contribution >= 4 is 55.2 Å². The molecule has 12 heteroatoms. The summed E-state index contributed by atoms with van der Waals surface area (Å²) >= 11 is 17.7. The Kier molecular flexibility index (Phi) is 9.35. The molecule has 2 aliphatic heterocycles. The molecule has 0 radical (unpaired) electrons. The molecular weight excluding hydrogens is 561 g/mol. The molecule has 0 amide bonds. The minimum absolute atomic E-state index is 0.0409. The van der Waals surface area contributed by atoms with Gasteiger partial charge in [-0.1, -0.05) is 107 Å². The van der Waals surface area contributed by atoms with Crippen molar-refractivity contribution in [3.8, 4) is 0 Å². The van der Waals surface area contributed by atoms with Gasteiger partial charge in [-0.2, -0.15) is 0 Å². The summed E-state index contributed by atoms with van der Waals surface area (Å²) < 4.78 is 35.2. The van der Waals surface area contributed by atoms with Crippen molar-refractivity contribution in [3.63, 3.8) is 0 Å². The summed E-state index contributed by atoms with van der Waals surface area (Å²) in [6, 6.07) is 9.61. The summed E-state index contributed by atoms with van der Waals surface area (Å²) in [6.07, 6.45) is -3.96. The van der Waals surface area contributed by atoms with E-state index in [1.54, 1.807) is 0 Å². The van der Waals surface area contributed by atoms with Crippen molar-refractivity contribution < 1.29 is 32.6 Å². The first-order chi connectivity index (χ1) is 17.0. The Bertz CT molecular complexity index is 948. The fourth-order valence-electron chi connectivity index (χ4n) is 4.96. The van der Waals surface area contributed by atoms with Crippen LogP contribution in [0.2, 0.25) is 10.1 Å². The summed E-state index contributed by atoms with van der Waals surface area (Å²) in [5.41, 5.74) is 0.930. The largest absolute Gasteiger partial charge is 0.463 e. The maximum Gasteiger partial charge on any atom is 0.350 e. The topological polar surface area (TPSA) is 96.3 Å². The van der Waals surface area contributed by atoms with E-state index >= 15 is 0 Å². The van der Waals surface area contributed by atoms with Gasteiger partial charge in [0.1, 0.15) is 31.0 Å². The number of nitrogens with one attached hydrogen (secondary N) is 1. The van der Waals surface area contributed by atoms with E-state index < -0.39 is 54.9 Å². The number of ether oxygens (including phenoxy) is 4. The fraction of sp³-hybridized carbons (Fsp3) is 0.680. The molecule has 1 aromatic rings. The van der Waals surface area contributed by atoms with Crippen molar-refractivity contribution in [2.24, 2.45) is 0 Å². The highest BCUT2D eigenvalue weighted by atomic mass is 35.6. The SMILES string of the molecule is CC(=O)OC[C@H]1O[Si](C(C)(C)C)(C(C)(C)C)O[C@H]2[C@H]1OC(OC(=N)C(Cl)(Cl)Cl)[C@@H]2OCc1ccccc1. The predicted octanol–water partition coefficient (Wildman–Crippen LogP) is 6.05. The van der Waals surface area contributed by atoms with Crippen LogP contribution < -0.4 is 0 Å². The van der Waals surface area contributed by atoms with Crippen molar-refractivity contribution in [2.45, 2.75) is 99.6 Å². The number of esters is 1. The van der Waals surface area contributed by atoms with Crippen LogP contribution in [0.1, 0.15) is 54.0 Å². The lowest BCUT2D eigenvalue weighted by molar-refractivity contribution is -0.169. The van der Waals surface area contributed by atoms with Gasteiger partial charge < -0.3 is 27.8 Å². The fourth-order valence-corrected chi connectivity index (χ4v) is 10.1. The molecule has 1 N–H and O–H groups in total. The van der Waals surface area contributed by atoms with E-state index in [0.717, 1.165) is 5.56 Å². The van der Waals surface area contributed by atoms with Crippen LogP contribution in [-0.4, -0.2) is 61.5 Å². The van der Waals surface area contributed by atoms with Crippen LogP contribution >= 0.6 is 34.8 Å². The molecule has 0 aromatic heterocycles. The van der Waals surface area contributed by atoms with Crippen molar-refractivity contribution in [1.82, 2.24) is 0 Å². The Hall–Kier alpha value is -0.913. The van der Waals surface area contributed by atoms with Crippen LogP contribution in [0.15, 0.2) is 30.3 Å². The molecule has 2 fully saturated rings. The third-order valence-electron chi connectivity index (χ3n) is 6.40. The van der Waals surface area contributed by atoms with Gasteiger partial charge in [0.25, 0.3) is 3.79 Å². The zero-order chi connectivity index (χ0) is 27.8. The Labute approximate surface area is 234 Å². The number of fused-ring (bicyclic) bond motifs is 1. The number of carbonyl (C=O) groups is 1. The first-order valence-corrected chi connectivity index (χ1v) is 15.0. The normalized spacial score (nSPS) is 27.9. The summed E-state index contributed by atoms with van der Waals surface area (Å²) in [5, 5.41) is 7.38. The Morgan fingerprint density at radius 1 is 1.00 bits per heavy atom. The van der Waals surface area contributed by atoms with E-state index in [2.05, 4.69) is 41.5 Å². The molecule has 8 nitrogen and oxygen atoms in total. The van der Waals surface area contributed by atoms with Crippen molar-refractivity contribution in [3.05, 3.63) is 35.9 Å². The van der Waals surface area contributed by atoms with Gasteiger partial charge in [-0.3, -0.25) is 10.2 Å². The van der Waals surface area contributed by atoms with Gasteiger partial charge >= 0.3 is 14.5 Å². The van der Waals surface area contributed by atoms with Crippen molar-refractivity contribution in [2.75, 3.05) is 6.61 Å². The van der Waals surface area contributed by atoms with Gasteiger partial charge in [0.05, 0.1) is 6.61 Å². The lowest BCUT2D eigenvalue weighted by Crippen LogP contribution is -2.68. The molecule has 1 unspecified atom stereocenters. The van der Waals surface area contributed by atoms with E-state index in [1.165, 1.54) is 6.92 Å². The van der Waals surface area contributed by atoms with Crippen LogP contribution in [0.5, 0.6) is 0 Å². The van der Waals surface area contributed by atoms with E-state index in [4.69, 9.17) is 68.0 Å². The van der Waals surface area contributed by atoms with Gasteiger partial charge in [0.2, 0.25) is 12.2 Å². The molecule has 3 rings (SSSR count). The van der Waals surface area contributed by atoms with Gasteiger partial charge in [-0.25, -0.2) is 0 Å². The molecule has 0 spiro atoms. The molecule has 1 aromatic carbocycles. The van der Waals surface area contributed by atoms with E-state index in [9.17, 15) is 4.79 Å². The highest BCUT2D eigenvalue weighted by Crippen LogP contribution is 2.57. The Morgan fingerprint density at radius 3 is 2.11 bits per heavy atom. The van der Waals surface area contributed by atoms with Crippen LogP contribution in [0.25, 0.3) is 0 Å². The van der Waals surface area contributed by atoms with Crippen molar-refractivity contribution in [1.29, 1.82) is 5.41 Å². The Balaban J connectivity index is 2.03. The Morgan fingerprint density at radius 2 is 1.59 bits per heavy atom. The molecule has 0 bridgehead atoms. The lowest BCUT2D eigenvalue weighted by Gasteiger charge is -2.55. The number of carbonyl (C=O) groups excluding carboxylic acids is 1. The molecule has 2 aliphatic rings. The zero-order valence-electron chi connectivity index (χ0n) is 22.2. The number of benzene rings is 1. The molecule has 37 heavy (non-hydrogen) atoms. The number of hydrogen-bond acceptors (Lipinski definition) is 8. The maximum atomic E-state index is 11.7. The minimum Gasteiger partial charge on any atom is -0.463 e. The van der Waals surface area contributed by atoms with Gasteiger partial charge in [0, 0.05) is 17.0 Å². The quantitative estimate of drug-likeness (QED) is 0.140. The first-order valence-electron chi connectivity index (χ1n) is 12.1. The van der Waals surface area contributed by atoms with Crippen LogP contribution in [0, 0.1) is 5.41 Å². The number of alkyl halides is 3. The average molecular weight is 597 g/mol. The molecule has 2 heterocycles. The molecule has 208 valence electrons. The average Bonchev–Trinajstić information content (AvgIpc) is 3.11. The van der Waals surface area contributed by atoms with E-state index in [0.29, 0.717) is 0 Å². The second-order valence-corrected chi connectivity index (χ2v) is 18.3. The van der Waals surface area contributed by atoms with E-state index in [-0.39, 0.29) is 23.3 Å². The second-order valence-electron chi connectivity index (χ2n) is 11.3. The molecule has 5 atom stereocenters. The monoisotopic (exact) mass is 595 g/mol. The maximum absolute atomic E-state index is 11.7. The summed E-state index contributed by atoms with van der Waals surface area (Å²) in [5.74, 6) is -1.05. The highest BCUT2D eigenvalue weighted by molar-refractivity contribution is 6.76. The minimum atomic E-state index is -3.10. The number of rotatable bonds is 6. The predicted molar refractivity (Wildman–Crippen MR) is 144 cm³/mol. The molecule has 0 saturated carbocycles. The summed E-state index contributed by atoms with van der Waals surface area (Å²) in [6.45, 7) is 14.0. The lowest BCUT2D eigenvalue weighted by atomic mass is 10.1. The smallest absolute Gasteiger partial charge is 0.350 e. The van der Waals surface area contributed by atoms with Gasteiger partial charge in [-0.05, 0) is 5.56 Å². The standard InChI is InChI=1S/C25H36Cl3NO7Si/c1-15(30)31-14-17-18-19(36-37(35-17,23(2,3)4)24(5,6)7)20(32-13-16-11-9-8-10-12-16)21(33-18)34-22(29)25(26,27)28/h8-12,17-21,29H,13-14H2,1-7H3/t17-,18+,19+,20-,21?/m1/s1. The summed E-state index contributed by atoms with van der Waals surface area (Å²) in [4.78, 5) is 11.7.